The minimum Gasteiger partial charge on any atom is -0.353 e. The number of carbonyl (C=O) groups excluding carboxylic acids is 1. The van der Waals surface area contributed by atoms with Crippen molar-refractivity contribution in [3.05, 3.63) is 48.5 Å². The first-order valence-electron chi connectivity index (χ1n) is 8.59. The van der Waals surface area contributed by atoms with Crippen LogP contribution in [0, 0.1) is 0 Å². The summed E-state index contributed by atoms with van der Waals surface area (Å²) in [6, 6.07) is 16.6. The molecule has 5 rings (SSSR count). The predicted molar refractivity (Wildman–Crippen MR) is 99.6 cm³/mol. The second kappa shape index (κ2) is 5.21. The number of benzene rings is 2. The number of hydrogen-bond donors (Lipinski definition) is 2. The van der Waals surface area contributed by atoms with Crippen LogP contribution in [0.15, 0.2) is 48.5 Å². The normalized spacial score (nSPS) is 17.9. The predicted octanol–water partition coefficient (Wildman–Crippen LogP) is 4.23. The summed E-state index contributed by atoms with van der Waals surface area (Å²) in [7, 11) is 0. The van der Waals surface area contributed by atoms with Gasteiger partial charge < -0.3 is 9.88 Å². The Balaban J connectivity index is 1.66. The zero-order valence-electron chi connectivity index (χ0n) is 13.9. The van der Waals surface area contributed by atoms with Crippen LogP contribution in [-0.4, -0.2) is 27.1 Å². The summed E-state index contributed by atoms with van der Waals surface area (Å²) >= 11 is 0. The lowest BCUT2D eigenvalue weighted by atomic mass is 10.1. The Kier molecular flexibility index (Phi) is 2.98. The molecule has 0 aliphatic carbocycles. The highest BCUT2D eigenvalue weighted by atomic mass is 16.2. The van der Waals surface area contributed by atoms with E-state index in [9.17, 15) is 4.79 Å². The van der Waals surface area contributed by atoms with Gasteiger partial charge in [-0.2, -0.15) is 5.10 Å². The van der Waals surface area contributed by atoms with Crippen LogP contribution in [0.2, 0.25) is 0 Å². The maximum absolute atomic E-state index is 12.2. The number of carbonyl (C=O) groups is 1. The van der Waals surface area contributed by atoms with Crippen LogP contribution < -0.4 is 4.90 Å². The van der Waals surface area contributed by atoms with E-state index in [1.54, 1.807) is 0 Å². The van der Waals surface area contributed by atoms with E-state index in [1.807, 2.05) is 29.2 Å². The van der Waals surface area contributed by atoms with Gasteiger partial charge in [0.15, 0.2) is 0 Å². The van der Waals surface area contributed by atoms with Gasteiger partial charge in [-0.25, -0.2) is 0 Å². The molecule has 0 radical (unpaired) electrons. The number of para-hydroxylation sites is 1. The fraction of sp³-hybridized carbons (Fsp3) is 0.200. The molecule has 0 saturated carbocycles. The number of rotatable bonds is 2. The lowest BCUT2D eigenvalue weighted by molar-refractivity contribution is -0.117. The second-order valence-electron chi connectivity index (χ2n) is 6.72. The van der Waals surface area contributed by atoms with Crippen molar-refractivity contribution in [3.8, 4) is 11.4 Å². The van der Waals surface area contributed by atoms with Gasteiger partial charge in [-0.05, 0) is 43.7 Å². The molecule has 5 nitrogen and oxygen atoms in total. The molecule has 3 heterocycles. The van der Waals surface area contributed by atoms with Crippen molar-refractivity contribution in [3.63, 3.8) is 0 Å². The number of anilines is 1. The van der Waals surface area contributed by atoms with Crippen LogP contribution in [0.3, 0.4) is 0 Å². The molecule has 0 unspecified atom stereocenters. The second-order valence-corrected chi connectivity index (χ2v) is 6.72. The van der Waals surface area contributed by atoms with Gasteiger partial charge in [0.1, 0.15) is 5.69 Å². The van der Waals surface area contributed by atoms with Crippen LogP contribution in [0.5, 0.6) is 0 Å². The highest BCUT2D eigenvalue weighted by molar-refractivity contribution is 6.01. The van der Waals surface area contributed by atoms with Crippen molar-refractivity contribution in [2.75, 3.05) is 4.90 Å². The maximum atomic E-state index is 12.2. The van der Waals surface area contributed by atoms with Crippen molar-refractivity contribution in [1.29, 1.82) is 0 Å². The molecular weight excluding hydrogens is 312 g/mol. The van der Waals surface area contributed by atoms with Crippen LogP contribution >= 0.6 is 0 Å². The Bertz CT molecular complexity index is 1070. The van der Waals surface area contributed by atoms with E-state index < -0.39 is 0 Å². The molecule has 2 aromatic carbocycles. The van der Waals surface area contributed by atoms with Gasteiger partial charge in [0.05, 0.1) is 11.2 Å². The van der Waals surface area contributed by atoms with Gasteiger partial charge in [0.25, 0.3) is 0 Å². The average molecular weight is 330 g/mol. The molecule has 2 N–H and O–H groups in total. The molecule has 0 bridgehead atoms. The minimum absolute atomic E-state index is 0.197. The Morgan fingerprint density at radius 3 is 2.80 bits per heavy atom. The molecule has 1 fully saturated rings. The van der Waals surface area contributed by atoms with Gasteiger partial charge in [-0.3, -0.25) is 9.89 Å². The van der Waals surface area contributed by atoms with E-state index in [2.05, 4.69) is 46.4 Å². The van der Waals surface area contributed by atoms with Crippen molar-refractivity contribution >= 4 is 33.4 Å². The Morgan fingerprint density at radius 1 is 1.12 bits per heavy atom. The monoisotopic (exact) mass is 330 g/mol. The number of aromatic nitrogens is 3. The lowest BCUT2D eigenvalue weighted by Gasteiger charge is -2.21. The van der Waals surface area contributed by atoms with Crippen LogP contribution in [0.25, 0.3) is 33.2 Å². The third-order valence-electron chi connectivity index (χ3n) is 5.10. The Labute approximate surface area is 144 Å². The number of aromatic amines is 2. The molecule has 5 heteroatoms. The van der Waals surface area contributed by atoms with E-state index >= 15 is 0 Å². The summed E-state index contributed by atoms with van der Waals surface area (Å²) in [4.78, 5) is 17.6. The lowest BCUT2D eigenvalue weighted by Crippen LogP contribution is -2.30. The van der Waals surface area contributed by atoms with Crippen LogP contribution in [0.4, 0.5) is 5.69 Å². The molecule has 1 saturated heterocycles. The molecule has 1 aliphatic heterocycles. The molecule has 4 aromatic rings. The van der Waals surface area contributed by atoms with E-state index in [-0.39, 0.29) is 11.9 Å². The largest absolute Gasteiger partial charge is 0.353 e. The number of nitrogens with one attached hydrogen (secondary N) is 2. The standard InChI is InChI=1S/C20H18N4O/c1-12-6-9-19(25)24(12)14-7-8-17-15(11-14)20(23-22-17)18-10-13-4-2-3-5-16(13)21-18/h2-5,7-8,10-12,21H,6,9H2,1H3,(H,22,23)/t12-/m1/s1. The summed E-state index contributed by atoms with van der Waals surface area (Å²) in [5.74, 6) is 0.197. The van der Waals surface area contributed by atoms with Crippen LogP contribution in [-0.2, 0) is 4.79 Å². The fourth-order valence-corrected chi connectivity index (χ4v) is 3.78. The van der Waals surface area contributed by atoms with Gasteiger partial charge in [-0.15, -0.1) is 0 Å². The molecule has 25 heavy (non-hydrogen) atoms. The van der Waals surface area contributed by atoms with Gasteiger partial charge >= 0.3 is 0 Å². The van der Waals surface area contributed by atoms with Gasteiger partial charge in [0, 0.05) is 34.4 Å². The highest BCUT2D eigenvalue weighted by Crippen LogP contribution is 2.33. The molecule has 2 aromatic heterocycles. The summed E-state index contributed by atoms with van der Waals surface area (Å²) in [6.07, 6.45) is 1.54. The van der Waals surface area contributed by atoms with Crippen molar-refractivity contribution in [2.24, 2.45) is 0 Å². The molecule has 1 amide bonds. The molecule has 124 valence electrons. The fourth-order valence-electron chi connectivity index (χ4n) is 3.78. The van der Waals surface area contributed by atoms with E-state index in [1.165, 1.54) is 0 Å². The van der Waals surface area contributed by atoms with Crippen molar-refractivity contribution in [1.82, 2.24) is 15.2 Å². The topological polar surface area (TPSA) is 64.8 Å². The Hall–Kier alpha value is -3.08. The van der Waals surface area contributed by atoms with Crippen molar-refractivity contribution < 1.29 is 4.79 Å². The van der Waals surface area contributed by atoms with Gasteiger partial charge in [0.2, 0.25) is 5.91 Å². The van der Waals surface area contributed by atoms with E-state index in [4.69, 9.17) is 0 Å². The van der Waals surface area contributed by atoms with E-state index in [0.717, 1.165) is 45.3 Å². The summed E-state index contributed by atoms with van der Waals surface area (Å²) in [5, 5.41) is 9.79. The zero-order chi connectivity index (χ0) is 17.0. The first-order valence-corrected chi connectivity index (χ1v) is 8.59. The smallest absolute Gasteiger partial charge is 0.227 e. The Morgan fingerprint density at radius 2 is 2.00 bits per heavy atom. The number of fused-ring (bicyclic) bond motifs is 2. The van der Waals surface area contributed by atoms with E-state index in [0.29, 0.717) is 6.42 Å². The SMILES string of the molecule is C[C@@H]1CCC(=O)N1c1ccc2[nH]nc(-c3cc4ccccc4[nH]3)c2c1. The molecule has 1 aliphatic rings. The zero-order valence-corrected chi connectivity index (χ0v) is 13.9. The quantitative estimate of drug-likeness (QED) is 0.578. The molecular formula is C20H18N4O. The average Bonchev–Trinajstić information content (AvgIpc) is 3.30. The number of H-pyrrole nitrogens is 2. The third-order valence-corrected chi connectivity index (χ3v) is 5.10. The minimum atomic E-state index is 0.197. The maximum Gasteiger partial charge on any atom is 0.227 e. The number of amides is 1. The third kappa shape index (κ3) is 2.16. The summed E-state index contributed by atoms with van der Waals surface area (Å²) in [5.41, 5.74) is 4.86. The number of nitrogens with zero attached hydrogens (tertiary/aromatic N) is 2. The van der Waals surface area contributed by atoms with Gasteiger partial charge in [-0.1, -0.05) is 18.2 Å². The summed E-state index contributed by atoms with van der Waals surface area (Å²) in [6.45, 7) is 2.10. The number of hydrogen-bond acceptors (Lipinski definition) is 2. The van der Waals surface area contributed by atoms with Crippen molar-refractivity contribution in [2.45, 2.75) is 25.8 Å². The first kappa shape index (κ1) is 14.3. The van der Waals surface area contributed by atoms with Crippen LogP contribution in [0.1, 0.15) is 19.8 Å². The molecule has 1 atom stereocenters. The highest BCUT2D eigenvalue weighted by Gasteiger charge is 2.29. The summed E-state index contributed by atoms with van der Waals surface area (Å²) < 4.78 is 0. The molecule has 0 spiro atoms. The first-order chi connectivity index (χ1) is 12.2.